The molecular formula is C16H20ClN5O. The van der Waals surface area contributed by atoms with Crippen LogP contribution in [0.5, 0.6) is 0 Å². The molecule has 23 heavy (non-hydrogen) atoms. The standard InChI is InChI=1S/C16H20ClN5O/c1-11-3-2-4-14(9-11)18-15(23)10-22-20-16(19-21-22)12-5-7-13(17)8-6-12/h5-8,11,14H,2-4,9-10H2,1H3,(H,18,23). The summed E-state index contributed by atoms with van der Waals surface area (Å²) >= 11 is 5.86. The van der Waals surface area contributed by atoms with E-state index in [1.807, 2.05) is 12.1 Å². The van der Waals surface area contributed by atoms with Gasteiger partial charge in [0.1, 0.15) is 6.54 Å². The number of carbonyl (C=O) groups is 1. The van der Waals surface area contributed by atoms with E-state index in [-0.39, 0.29) is 18.5 Å². The number of nitrogens with one attached hydrogen (secondary N) is 1. The largest absolute Gasteiger partial charge is 0.352 e. The fourth-order valence-corrected chi connectivity index (χ4v) is 3.12. The number of carbonyl (C=O) groups excluding carboxylic acids is 1. The summed E-state index contributed by atoms with van der Waals surface area (Å²) in [6.45, 7) is 2.32. The van der Waals surface area contributed by atoms with Crippen molar-refractivity contribution in [1.29, 1.82) is 0 Å². The fraction of sp³-hybridized carbons (Fsp3) is 0.500. The summed E-state index contributed by atoms with van der Waals surface area (Å²) in [5, 5.41) is 15.9. The van der Waals surface area contributed by atoms with Crippen LogP contribution >= 0.6 is 11.6 Å². The van der Waals surface area contributed by atoms with E-state index in [4.69, 9.17) is 11.6 Å². The average Bonchev–Trinajstić information content (AvgIpc) is 2.96. The van der Waals surface area contributed by atoms with Crippen molar-refractivity contribution in [2.75, 3.05) is 0 Å². The highest BCUT2D eigenvalue weighted by molar-refractivity contribution is 6.30. The number of rotatable bonds is 4. The third-order valence-electron chi connectivity index (χ3n) is 4.14. The summed E-state index contributed by atoms with van der Waals surface area (Å²) in [4.78, 5) is 13.4. The van der Waals surface area contributed by atoms with Gasteiger partial charge >= 0.3 is 0 Å². The number of halogens is 1. The predicted molar refractivity (Wildman–Crippen MR) is 87.8 cm³/mol. The molecule has 1 N–H and O–H groups in total. The summed E-state index contributed by atoms with van der Waals surface area (Å²) in [7, 11) is 0. The van der Waals surface area contributed by atoms with Crippen LogP contribution in [0.1, 0.15) is 32.6 Å². The van der Waals surface area contributed by atoms with E-state index in [1.165, 1.54) is 17.6 Å². The summed E-state index contributed by atoms with van der Waals surface area (Å²) in [6, 6.07) is 7.47. The van der Waals surface area contributed by atoms with Crippen molar-refractivity contribution in [2.45, 2.75) is 45.2 Å². The van der Waals surface area contributed by atoms with E-state index < -0.39 is 0 Å². The molecule has 1 aliphatic carbocycles. The molecule has 1 aromatic heterocycles. The topological polar surface area (TPSA) is 72.7 Å². The number of hydrogen-bond acceptors (Lipinski definition) is 4. The van der Waals surface area contributed by atoms with Gasteiger partial charge in [0, 0.05) is 16.6 Å². The van der Waals surface area contributed by atoms with Gasteiger partial charge in [0.15, 0.2) is 0 Å². The summed E-state index contributed by atoms with van der Waals surface area (Å²) in [5.41, 5.74) is 0.821. The van der Waals surface area contributed by atoms with Crippen LogP contribution in [-0.4, -0.2) is 32.2 Å². The average molecular weight is 334 g/mol. The maximum absolute atomic E-state index is 12.1. The maximum Gasteiger partial charge on any atom is 0.243 e. The van der Waals surface area contributed by atoms with Crippen molar-refractivity contribution in [3.05, 3.63) is 29.3 Å². The molecule has 2 aromatic rings. The summed E-state index contributed by atoms with van der Waals surface area (Å²) < 4.78 is 0. The fourth-order valence-electron chi connectivity index (χ4n) is 2.99. The SMILES string of the molecule is CC1CCCC(NC(=O)Cn2nnc(-c3ccc(Cl)cc3)n2)C1. The third-order valence-corrected chi connectivity index (χ3v) is 4.39. The van der Waals surface area contributed by atoms with Crippen LogP contribution in [0.3, 0.4) is 0 Å². The van der Waals surface area contributed by atoms with Crippen LogP contribution in [0.2, 0.25) is 5.02 Å². The number of benzene rings is 1. The Kier molecular flexibility index (Phi) is 4.91. The van der Waals surface area contributed by atoms with E-state index in [1.54, 1.807) is 12.1 Å². The first-order valence-electron chi connectivity index (χ1n) is 7.93. The summed E-state index contributed by atoms with van der Waals surface area (Å²) in [6.07, 6.45) is 4.53. The molecule has 3 rings (SSSR count). The molecule has 2 unspecified atom stereocenters. The second kappa shape index (κ2) is 7.08. The second-order valence-corrected chi connectivity index (χ2v) is 6.62. The molecular weight excluding hydrogens is 314 g/mol. The van der Waals surface area contributed by atoms with E-state index in [0.29, 0.717) is 16.8 Å². The Bertz CT molecular complexity index is 669. The lowest BCUT2D eigenvalue weighted by Crippen LogP contribution is -2.40. The Morgan fingerprint density at radius 3 is 2.87 bits per heavy atom. The smallest absolute Gasteiger partial charge is 0.243 e. The van der Waals surface area contributed by atoms with Gasteiger partial charge in [0.25, 0.3) is 0 Å². The van der Waals surface area contributed by atoms with Crippen LogP contribution in [0.15, 0.2) is 24.3 Å². The zero-order valence-corrected chi connectivity index (χ0v) is 13.8. The molecule has 2 atom stereocenters. The molecule has 0 radical (unpaired) electrons. The van der Waals surface area contributed by atoms with Gasteiger partial charge < -0.3 is 5.32 Å². The molecule has 6 nitrogen and oxygen atoms in total. The molecule has 0 saturated heterocycles. The van der Waals surface area contributed by atoms with Crippen LogP contribution in [0, 0.1) is 5.92 Å². The first kappa shape index (κ1) is 15.9. The number of aromatic nitrogens is 4. The van der Waals surface area contributed by atoms with Crippen LogP contribution in [0.25, 0.3) is 11.4 Å². The molecule has 7 heteroatoms. The van der Waals surface area contributed by atoms with Crippen molar-refractivity contribution in [2.24, 2.45) is 5.92 Å². The Balaban J connectivity index is 1.58. The minimum atomic E-state index is -0.0656. The third kappa shape index (κ3) is 4.28. The molecule has 1 saturated carbocycles. The number of amides is 1. The van der Waals surface area contributed by atoms with Crippen molar-refractivity contribution < 1.29 is 4.79 Å². The van der Waals surface area contributed by atoms with Crippen LogP contribution in [-0.2, 0) is 11.3 Å². The molecule has 1 fully saturated rings. The van der Waals surface area contributed by atoms with Gasteiger partial charge in [-0.3, -0.25) is 4.79 Å². The van der Waals surface area contributed by atoms with Crippen molar-refractivity contribution in [1.82, 2.24) is 25.5 Å². The van der Waals surface area contributed by atoms with Gasteiger partial charge in [-0.15, -0.1) is 10.2 Å². The number of nitrogens with zero attached hydrogens (tertiary/aromatic N) is 4. The molecule has 1 heterocycles. The summed E-state index contributed by atoms with van der Waals surface area (Å²) in [5.74, 6) is 1.10. The number of tetrazole rings is 1. The first-order valence-corrected chi connectivity index (χ1v) is 8.31. The van der Waals surface area contributed by atoms with Gasteiger partial charge in [-0.05, 0) is 48.2 Å². The van der Waals surface area contributed by atoms with Gasteiger partial charge in [0.2, 0.25) is 11.7 Å². The first-order chi connectivity index (χ1) is 11.1. The predicted octanol–water partition coefficient (Wildman–Crippen LogP) is 2.69. The highest BCUT2D eigenvalue weighted by atomic mass is 35.5. The van der Waals surface area contributed by atoms with E-state index in [9.17, 15) is 4.79 Å². The van der Waals surface area contributed by atoms with Gasteiger partial charge in [0.05, 0.1) is 0 Å². The molecule has 0 aliphatic heterocycles. The zero-order valence-electron chi connectivity index (χ0n) is 13.1. The monoisotopic (exact) mass is 333 g/mol. The lowest BCUT2D eigenvalue weighted by Gasteiger charge is -2.27. The maximum atomic E-state index is 12.1. The lowest BCUT2D eigenvalue weighted by molar-refractivity contribution is -0.123. The Morgan fingerprint density at radius 2 is 2.13 bits per heavy atom. The van der Waals surface area contributed by atoms with E-state index in [2.05, 4.69) is 27.7 Å². The Labute approximate surface area is 140 Å². The highest BCUT2D eigenvalue weighted by Crippen LogP contribution is 2.23. The molecule has 0 bridgehead atoms. The minimum absolute atomic E-state index is 0.0656. The molecule has 1 amide bonds. The molecule has 122 valence electrons. The number of hydrogen-bond donors (Lipinski definition) is 1. The lowest BCUT2D eigenvalue weighted by atomic mass is 9.87. The minimum Gasteiger partial charge on any atom is -0.352 e. The second-order valence-electron chi connectivity index (χ2n) is 6.19. The van der Waals surface area contributed by atoms with Crippen molar-refractivity contribution in [3.8, 4) is 11.4 Å². The quantitative estimate of drug-likeness (QED) is 0.933. The Hall–Kier alpha value is -1.95. The van der Waals surface area contributed by atoms with Gasteiger partial charge in [-0.2, -0.15) is 4.80 Å². The van der Waals surface area contributed by atoms with Crippen molar-refractivity contribution >= 4 is 17.5 Å². The van der Waals surface area contributed by atoms with Gasteiger partial charge in [-0.25, -0.2) is 0 Å². The van der Waals surface area contributed by atoms with Crippen molar-refractivity contribution in [3.63, 3.8) is 0 Å². The van der Waals surface area contributed by atoms with Gasteiger partial charge in [-0.1, -0.05) is 31.4 Å². The highest BCUT2D eigenvalue weighted by Gasteiger charge is 2.20. The van der Waals surface area contributed by atoms with E-state index in [0.717, 1.165) is 18.4 Å². The van der Waals surface area contributed by atoms with Crippen LogP contribution < -0.4 is 5.32 Å². The normalized spacial score (nSPS) is 21.1. The molecule has 1 aromatic carbocycles. The zero-order chi connectivity index (χ0) is 16.2. The Morgan fingerprint density at radius 1 is 1.35 bits per heavy atom. The van der Waals surface area contributed by atoms with E-state index >= 15 is 0 Å². The molecule has 1 aliphatic rings. The van der Waals surface area contributed by atoms with Crippen LogP contribution in [0.4, 0.5) is 0 Å². The molecule has 0 spiro atoms.